The highest BCUT2D eigenvalue weighted by Crippen LogP contribution is 2.25. The third kappa shape index (κ3) is 5.14. The first-order valence-electron chi connectivity index (χ1n) is 6.11. The average molecular weight is 290 g/mol. The van der Waals surface area contributed by atoms with Crippen molar-refractivity contribution in [2.45, 2.75) is 51.8 Å². The van der Waals surface area contributed by atoms with E-state index in [-0.39, 0.29) is 13.0 Å². The van der Waals surface area contributed by atoms with Gasteiger partial charge in [-0.25, -0.2) is 0 Å². The maximum Gasteiger partial charge on any atom is 0.303 e. The third-order valence-corrected chi connectivity index (χ3v) is 2.57. The Morgan fingerprint density at radius 3 is 2.20 bits per heavy atom. The minimum absolute atomic E-state index is 0.0336. The van der Waals surface area contributed by atoms with Crippen LogP contribution in [0.5, 0.6) is 0 Å². The van der Waals surface area contributed by atoms with Gasteiger partial charge in [0, 0.05) is 27.2 Å². The molecule has 1 heterocycles. The van der Waals surface area contributed by atoms with Crippen LogP contribution >= 0.6 is 0 Å². The number of ether oxygens (including phenoxy) is 4. The van der Waals surface area contributed by atoms with Crippen LogP contribution in [0.2, 0.25) is 0 Å². The summed E-state index contributed by atoms with van der Waals surface area (Å²) in [5.41, 5.74) is 0. The lowest BCUT2D eigenvalue weighted by Gasteiger charge is -2.38. The fourth-order valence-corrected chi connectivity index (χ4v) is 1.91. The lowest BCUT2D eigenvalue weighted by atomic mass is 10.0. The van der Waals surface area contributed by atoms with E-state index in [2.05, 4.69) is 0 Å². The Balaban J connectivity index is 2.82. The lowest BCUT2D eigenvalue weighted by molar-refractivity contribution is -0.252. The minimum atomic E-state index is -1.20. The monoisotopic (exact) mass is 290 g/mol. The van der Waals surface area contributed by atoms with Gasteiger partial charge in [-0.2, -0.15) is 0 Å². The van der Waals surface area contributed by atoms with E-state index in [1.54, 1.807) is 0 Å². The summed E-state index contributed by atoms with van der Waals surface area (Å²) in [7, 11) is 0. The molecule has 1 saturated heterocycles. The second kappa shape index (κ2) is 7.20. The normalized spacial score (nSPS) is 29.4. The smallest absolute Gasteiger partial charge is 0.303 e. The SMILES string of the molecule is CC(=O)OCC1O[C@@H](O)C[C@@H](OC(C)=O)[C@H]1OC(C)=O. The number of carbonyl (C=O) groups excluding carboxylic acids is 3. The van der Waals surface area contributed by atoms with Crippen molar-refractivity contribution in [1.29, 1.82) is 0 Å². The van der Waals surface area contributed by atoms with E-state index < -0.39 is 42.5 Å². The van der Waals surface area contributed by atoms with Gasteiger partial charge in [0.05, 0.1) is 0 Å². The van der Waals surface area contributed by atoms with E-state index in [1.807, 2.05) is 0 Å². The molecule has 4 atom stereocenters. The molecule has 1 N–H and O–H groups in total. The molecular formula is C12H18O8. The van der Waals surface area contributed by atoms with Crippen molar-refractivity contribution in [1.82, 2.24) is 0 Å². The Labute approximate surface area is 115 Å². The van der Waals surface area contributed by atoms with Crippen LogP contribution in [0.25, 0.3) is 0 Å². The van der Waals surface area contributed by atoms with Crippen molar-refractivity contribution in [3.05, 3.63) is 0 Å². The van der Waals surface area contributed by atoms with Crippen LogP contribution in [0.4, 0.5) is 0 Å². The van der Waals surface area contributed by atoms with Gasteiger partial charge in [-0.3, -0.25) is 14.4 Å². The highest BCUT2D eigenvalue weighted by atomic mass is 16.7. The summed E-state index contributed by atoms with van der Waals surface area (Å²) in [6, 6.07) is 0. The van der Waals surface area contributed by atoms with Crippen molar-refractivity contribution in [2.75, 3.05) is 6.61 Å². The van der Waals surface area contributed by atoms with Crippen LogP contribution in [0, 0.1) is 0 Å². The zero-order valence-electron chi connectivity index (χ0n) is 11.5. The van der Waals surface area contributed by atoms with Crippen LogP contribution in [0.3, 0.4) is 0 Å². The van der Waals surface area contributed by atoms with Gasteiger partial charge in [0.1, 0.15) is 18.8 Å². The highest BCUT2D eigenvalue weighted by Gasteiger charge is 2.43. The van der Waals surface area contributed by atoms with Crippen LogP contribution in [0.1, 0.15) is 27.2 Å². The Morgan fingerprint density at radius 2 is 1.70 bits per heavy atom. The van der Waals surface area contributed by atoms with Gasteiger partial charge in [-0.1, -0.05) is 0 Å². The predicted molar refractivity (Wildman–Crippen MR) is 63.2 cm³/mol. The van der Waals surface area contributed by atoms with Crippen molar-refractivity contribution >= 4 is 17.9 Å². The summed E-state index contributed by atoms with van der Waals surface area (Å²) >= 11 is 0. The molecule has 0 aromatic heterocycles. The quantitative estimate of drug-likeness (QED) is 0.546. The minimum Gasteiger partial charge on any atom is -0.463 e. The van der Waals surface area contributed by atoms with Gasteiger partial charge in [0.25, 0.3) is 0 Å². The molecule has 0 aliphatic carbocycles. The molecule has 0 saturated carbocycles. The molecule has 0 amide bonds. The summed E-state index contributed by atoms with van der Waals surface area (Å²) in [6.07, 6.45) is -3.95. The Hall–Kier alpha value is -1.67. The largest absolute Gasteiger partial charge is 0.463 e. The maximum absolute atomic E-state index is 11.1. The molecule has 1 rings (SSSR count). The number of aliphatic hydroxyl groups is 1. The number of hydrogen-bond acceptors (Lipinski definition) is 8. The van der Waals surface area contributed by atoms with E-state index in [4.69, 9.17) is 18.9 Å². The number of esters is 3. The van der Waals surface area contributed by atoms with Gasteiger partial charge >= 0.3 is 17.9 Å². The summed E-state index contributed by atoms with van der Waals surface area (Å²) in [5, 5.41) is 9.59. The zero-order valence-corrected chi connectivity index (χ0v) is 11.5. The molecule has 8 heteroatoms. The van der Waals surface area contributed by atoms with Gasteiger partial charge in [0.2, 0.25) is 0 Å². The van der Waals surface area contributed by atoms with Crippen LogP contribution in [-0.4, -0.2) is 54.2 Å². The first-order chi connectivity index (χ1) is 9.29. The molecule has 0 spiro atoms. The Kier molecular flexibility index (Phi) is 5.90. The zero-order chi connectivity index (χ0) is 15.3. The van der Waals surface area contributed by atoms with Gasteiger partial charge in [-0.05, 0) is 0 Å². The molecule has 8 nitrogen and oxygen atoms in total. The van der Waals surface area contributed by atoms with E-state index in [1.165, 1.54) is 20.8 Å². The standard InChI is InChI=1S/C12H18O8/c1-6(13)17-5-10-12(19-8(3)15)9(18-7(2)14)4-11(16)20-10/h9-12,16H,4-5H2,1-3H3/t9-,10?,11-,12-/m1/s1. The number of rotatable bonds is 4. The number of aliphatic hydroxyl groups excluding tert-OH is 1. The molecule has 20 heavy (non-hydrogen) atoms. The van der Waals surface area contributed by atoms with Crippen LogP contribution < -0.4 is 0 Å². The van der Waals surface area contributed by atoms with E-state index >= 15 is 0 Å². The topological polar surface area (TPSA) is 108 Å². The molecule has 0 bridgehead atoms. The van der Waals surface area contributed by atoms with E-state index in [9.17, 15) is 19.5 Å². The average Bonchev–Trinajstić information content (AvgIpc) is 2.28. The molecule has 114 valence electrons. The fourth-order valence-electron chi connectivity index (χ4n) is 1.91. The first-order valence-corrected chi connectivity index (χ1v) is 6.11. The van der Waals surface area contributed by atoms with E-state index in [0.717, 1.165) is 0 Å². The molecular weight excluding hydrogens is 272 g/mol. The van der Waals surface area contributed by atoms with Gasteiger partial charge in [-0.15, -0.1) is 0 Å². The molecule has 0 aromatic rings. The van der Waals surface area contributed by atoms with Gasteiger partial charge in [0.15, 0.2) is 12.4 Å². The highest BCUT2D eigenvalue weighted by molar-refractivity contribution is 5.67. The summed E-state index contributed by atoms with van der Waals surface area (Å²) < 4.78 is 20.0. The maximum atomic E-state index is 11.1. The Bertz CT molecular complexity index is 380. The van der Waals surface area contributed by atoms with Gasteiger partial charge < -0.3 is 24.1 Å². The lowest BCUT2D eigenvalue weighted by Crippen LogP contribution is -2.53. The fraction of sp³-hybridized carbons (Fsp3) is 0.750. The van der Waals surface area contributed by atoms with Crippen molar-refractivity contribution in [2.24, 2.45) is 0 Å². The molecule has 0 aromatic carbocycles. The molecule has 1 unspecified atom stereocenters. The summed E-state index contributed by atoms with van der Waals surface area (Å²) in [4.78, 5) is 33.0. The summed E-state index contributed by atoms with van der Waals surface area (Å²) in [5.74, 6) is -1.72. The third-order valence-electron chi connectivity index (χ3n) is 2.57. The Morgan fingerprint density at radius 1 is 1.10 bits per heavy atom. The molecule has 1 aliphatic rings. The van der Waals surface area contributed by atoms with E-state index in [0.29, 0.717) is 0 Å². The first kappa shape index (κ1) is 16.4. The molecule has 1 aliphatic heterocycles. The van der Waals surface area contributed by atoms with Crippen molar-refractivity contribution in [3.63, 3.8) is 0 Å². The molecule has 1 fully saturated rings. The molecule has 0 radical (unpaired) electrons. The second-order valence-electron chi connectivity index (χ2n) is 4.39. The van der Waals surface area contributed by atoms with Crippen molar-refractivity contribution in [3.8, 4) is 0 Å². The van der Waals surface area contributed by atoms with Crippen LogP contribution in [-0.2, 0) is 33.3 Å². The second-order valence-corrected chi connectivity index (χ2v) is 4.39. The predicted octanol–water partition coefficient (Wildman–Crippen LogP) is -0.480. The number of hydrogen-bond donors (Lipinski definition) is 1. The number of carbonyl (C=O) groups is 3. The summed E-state index contributed by atoms with van der Waals surface area (Å²) in [6.45, 7) is 3.39. The van der Waals surface area contributed by atoms with Crippen molar-refractivity contribution < 1.29 is 38.4 Å². The van der Waals surface area contributed by atoms with Crippen LogP contribution in [0.15, 0.2) is 0 Å².